The number of carbonyl (C=O) groups excluding carboxylic acids is 2. The minimum atomic E-state index is -3.16. The third-order valence-electron chi connectivity index (χ3n) is 7.21. The summed E-state index contributed by atoms with van der Waals surface area (Å²) in [5.41, 5.74) is 0.441. The Morgan fingerprint density at radius 2 is 1.64 bits per heavy atom. The molecule has 3 saturated heterocycles. The van der Waals surface area contributed by atoms with Gasteiger partial charge in [-0.1, -0.05) is 0 Å². The van der Waals surface area contributed by atoms with Gasteiger partial charge in [-0.25, -0.2) is 8.42 Å². The lowest BCUT2D eigenvalue weighted by molar-refractivity contribution is -0.139. The first-order valence-corrected chi connectivity index (χ1v) is 13.8. The van der Waals surface area contributed by atoms with E-state index in [9.17, 15) is 18.0 Å². The van der Waals surface area contributed by atoms with Gasteiger partial charge in [0.05, 0.1) is 17.5 Å². The molecule has 3 aliphatic heterocycles. The van der Waals surface area contributed by atoms with Gasteiger partial charge in [-0.2, -0.15) is 0 Å². The van der Waals surface area contributed by atoms with Gasteiger partial charge in [0.25, 0.3) is 11.8 Å². The molecular weight excluding hydrogens is 442 g/mol. The van der Waals surface area contributed by atoms with E-state index in [1.807, 2.05) is 4.90 Å². The highest BCUT2D eigenvalue weighted by Crippen LogP contribution is 2.24. The monoisotopic (exact) mass is 477 g/mol. The molecule has 1 aromatic carbocycles. The van der Waals surface area contributed by atoms with Crippen molar-refractivity contribution in [3.05, 3.63) is 29.8 Å². The van der Waals surface area contributed by atoms with Crippen molar-refractivity contribution in [3.8, 4) is 5.75 Å². The van der Waals surface area contributed by atoms with Gasteiger partial charge in [-0.05, 0) is 83.3 Å². The van der Waals surface area contributed by atoms with Crippen LogP contribution in [-0.2, 0) is 14.6 Å². The zero-order valence-electron chi connectivity index (χ0n) is 19.5. The first-order valence-electron chi connectivity index (χ1n) is 12.0. The standard InChI is InChI=1S/C24H35N3O5S/c1-17-6-5-7-18(2)27(17)23(28)14-32-20-10-8-19(9-11-20)24(29)25-21-15-33(30,31)16-22(21)26-12-3-4-13-26/h8-11,17-18,21-22H,3-7,12-16H2,1-2H3,(H,25,29). The number of amides is 2. The SMILES string of the molecule is CC1CCCC(C)N1C(=O)COc1ccc(C(=O)NC2CS(=O)(=O)CC2N2CCCC2)cc1. The van der Waals surface area contributed by atoms with Crippen LogP contribution >= 0.6 is 0 Å². The van der Waals surface area contributed by atoms with Crippen molar-refractivity contribution in [2.24, 2.45) is 0 Å². The summed E-state index contributed by atoms with van der Waals surface area (Å²) in [4.78, 5) is 29.5. The van der Waals surface area contributed by atoms with Gasteiger partial charge >= 0.3 is 0 Å². The Morgan fingerprint density at radius 3 is 2.27 bits per heavy atom. The van der Waals surface area contributed by atoms with Gasteiger partial charge in [-0.3, -0.25) is 14.5 Å². The van der Waals surface area contributed by atoms with Gasteiger partial charge in [0.1, 0.15) is 5.75 Å². The summed E-state index contributed by atoms with van der Waals surface area (Å²) in [6.45, 7) is 5.88. The summed E-state index contributed by atoms with van der Waals surface area (Å²) < 4.78 is 30.1. The first kappa shape index (κ1) is 24.0. The molecule has 4 rings (SSSR count). The average Bonchev–Trinajstić information content (AvgIpc) is 3.40. The quantitative estimate of drug-likeness (QED) is 0.672. The van der Waals surface area contributed by atoms with Crippen molar-refractivity contribution >= 4 is 21.7 Å². The van der Waals surface area contributed by atoms with Gasteiger partial charge in [0, 0.05) is 23.7 Å². The van der Waals surface area contributed by atoms with Gasteiger partial charge in [-0.15, -0.1) is 0 Å². The fourth-order valence-electron chi connectivity index (χ4n) is 5.49. The normalized spacial score (nSPS) is 29.7. The fraction of sp³-hybridized carbons (Fsp3) is 0.667. The van der Waals surface area contributed by atoms with Crippen LogP contribution in [0.5, 0.6) is 5.75 Å². The number of ether oxygens (including phenoxy) is 1. The van der Waals surface area contributed by atoms with Crippen LogP contribution in [0.15, 0.2) is 24.3 Å². The van der Waals surface area contributed by atoms with E-state index in [4.69, 9.17) is 4.74 Å². The second kappa shape index (κ2) is 10.0. The third kappa shape index (κ3) is 5.69. The average molecular weight is 478 g/mol. The maximum Gasteiger partial charge on any atom is 0.260 e. The van der Waals surface area contributed by atoms with E-state index in [1.54, 1.807) is 24.3 Å². The molecule has 4 unspecified atom stereocenters. The number of hydrogen-bond donors (Lipinski definition) is 1. The molecule has 4 atom stereocenters. The van der Waals surface area contributed by atoms with E-state index in [0.29, 0.717) is 11.3 Å². The van der Waals surface area contributed by atoms with Gasteiger partial charge in [0.2, 0.25) is 0 Å². The molecule has 2 amide bonds. The van der Waals surface area contributed by atoms with Gasteiger partial charge < -0.3 is 15.0 Å². The summed E-state index contributed by atoms with van der Waals surface area (Å²) in [6.07, 6.45) is 5.30. The van der Waals surface area contributed by atoms with E-state index >= 15 is 0 Å². The first-order chi connectivity index (χ1) is 15.7. The lowest BCUT2D eigenvalue weighted by Crippen LogP contribution is -2.50. The minimum absolute atomic E-state index is 0.0173. The smallest absolute Gasteiger partial charge is 0.260 e. The topological polar surface area (TPSA) is 96.0 Å². The second-order valence-corrected chi connectivity index (χ2v) is 11.9. The zero-order valence-corrected chi connectivity index (χ0v) is 20.4. The van der Waals surface area contributed by atoms with Crippen LogP contribution in [-0.4, -0.2) is 85.4 Å². The van der Waals surface area contributed by atoms with Crippen LogP contribution in [0, 0.1) is 0 Å². The fourth-order valence-corrected chi connectivity index (χ4v) is 7.44. The molecule has 0 saturated carbocycles. The van der Waals surface area contributed by atoms with Crippen LogP contribution in [0.2, 0.25) is 0 Å². The molecule has 0 aromatic heterocycles. The maximum absolute atomic E-state index is 12.8. The Hall–Kier alpha value is -2.13. The summed E-state index contributed by atoms with van der Waals surface area (Å²) in [6, 6.07) is 6.53. The molecule has 1 N–H and O–H groups in total. The number of benzene rings is 1. The van der Waals surface area contributed by atoms with Crippen LogP contribution < -0.4 is 10.1 Å². The van der Waals surface area contributed by atoms with E-state index in [0.717, 1.165) is 45.2 Å². The van der Waals surface area contributed by atoms with E-state index in [-0.39, 0.29) is 48.1 Å². The van der Waals surface area contributed by atoms with Crippen molar-refractivity contribution in [2.45, 2.75) is 70.1 Å². The van der Waals surface area contributed by atoms with Gasteiger partial charge in [0.15, 0.2) is 16.4 Å². The molecule has 0 bridgehead atoms. The lowest BCUT2D eigenvalue weighted by Gasteiger charge is -2.38. The van der Waals surface area contributed by atoms with Crippen LogP contribution in [0.3, 0.4) is 0 Å². The summed E-state index contributed by atoms with van der Waals surface area (Å²) in [5, 5.41) is 2.94. The highest BCUT2D eigenvalue weighted by atomic mass is 32.2. The van der Waals surface area contributed by atoms with Crippen molar-refractivity contribution in [1.82, 2.24) is 15.1 Å². The molecule has 1 aromatic rings. The number of nitrogens with one attached hydrogen (secondary N) is 1. The molecule has 3 aliphatic rings. The molecular formula is C24H35N3O5S. The highest BCUT2D eigenvalue weighted by molar-refractivity contribution is 7.91. The van der Waals surface area contributed by atoms with Crippen molar-refractivity contribution in [3.63, 3.8) is 0 Å². The Labute approximate surface area is 196 Å². The van der Waals surface area contributed by atoms with E-state index < -0.39 is 15.9 Å². The largest absolute Gasteiger partial charge is 0.484 e. The van der Waals surface area contributed by atoms with Crippen LogP contribution in [0.4, 0.5) is 0 Å². The minimum Gasteiger partial charge on any atom is -0.484 e. The van der Waals surface area contributed by atoms with Crippen LogP contribution in [0.1, 0.15) is 56.3 Å². The molecule has 9 heteroatoms. The molecule has 8 nitrogen and oxygen atoms in total. The van der Waals surface area contributed by atoms with Crippen LogP contribution in [0.25, 0.3) is 0 Å². The molecule has 182 valence electrons. The molecule has 33 heavy (non-hydrogen) atoms. The van der Waals surface area contributed by atoms with Crippen molar-refractivity contribution in [2.75, 3.05) is 31.2 Å². The zero-order chi connectivity index (χ0) is 23.6. The number of sulfone groups is 1. The van der Waals surface area contributed by atoms with E-state index in [1.165, 1.54) is 0 Å². The predicted molar refractivity (Wildman–Crippen MR) is 126 cm³/mol. The summed E-state index contributed by atoms with van der Waals surface area (Å²) >= 11 is 0. The Morgan fingerprint density at radius 1 is 1.00 bits per heavy atom. The number of carbonyl (C=O) groups is 2. The Kier molecular flexibility index (Phi) is 7.28. The molecule has 3 heterocycles. The molecule has 0 radical (unpaired) electrons. The molecule has 0 spiro atoms. The third-order valence-corrected chi connectivity index (χ3v) is 8.93. The lowest BCUT2D eigenvalue weighted by atomic mass is 9.97. The maximum atomic E-state index is 12.8. The number of likely N-dealkylation sites (tertiary alicyclic amines) is 2. The van der Waals surface area contributed by atoms with E-state index in [2.05, 4.69) is 24.1 Å². The number of rotatable bonds is 6. The number of nitrogens with zero attached hydrogens (tertiary/aromatic N) is 2. The summed E-state index contributed by atoms with van der Waals surface area (Å²) in [5.74, 6) is 0.297. The predicted octanol–water partition coefficient (Wildman–Crippen LogP) is 1.85. The van der Waals surface area contributed by atoms with Crippen molar-refractivity contribution < 1.29 is 22.7 Å². The van der Waals surface area contributed by atoms with Crippen molar-refractivity contribution in [1.29, 1.82) is 0 Å². The molecule has 3 fully saturated rings. The summed E-state index contributed by atoms with van der Waals surface area (Å²) in [7, 11) is -3.16. The number of piperidine rings is 1. The highest BCUT2D eigenvalue weighted by Gasteiger charge is 2.42. The molecule has 0 aliphatic carbocycles. The Balaban J connectivity index is 1.33. The number of hydrogen-bond acceptors (Lipinski definition) is 6. The Bertz CT molecular complexity index is 949. The second-order valence-electron chi connectivity index (χ2n) is 9.71.